The van der Waals surface area contributed by atoms with Crippen LogP contribution >= 0.6 is 0 Å². The van der Waals surface area contributed by atoms with Gasteiger partial charge in [0.25, 0.3) is 0 Å². The van der Waals surface area contributed by atoms with Crippen molar-refractivity contribution in [3.8, 4) is 11.5 Å². The number of benzene rings is 1. The minimum Gasteiger partial charge on any atom is -0.490 e. The Morgan fingerprint density at radius 3 is 2.52 bits per heavy atom. The molecule has 118 valence electrons. The molecule has 4 nitrogen and oxygen atoms in total. The van der Waals surface area contributed by atoms with Crippen LogP contribution in [0.2, 0.25) is 0 Å². The summed E-state index contributed by atoms with van der Waals surface area (Å²) in [6, 6.07) is 7.02. The Morgan fingerprint density at radius 1 is 1.14 bits per heavy atom. The highest BCUT2D eigenvalue weighted by molar-refractivity contribution is 5.43. The fraction of sp³-hybridized carbons (Fsp3) is 0.647. The molecule has 0 saturated heterocycles. The summed E-state index contributed by atoms with van der Waals surface area (Å²) in [5, 5.41) is 3.54. The fourth-order valence-corrected chi connectivity index (χ4v) is 2.33. The maximum absolute atomic E-state index is 5.68. The molecule has 0 bridgehead atoms. The van der Waals surface area contributed by atoms with Crippen LogP contribution in [-0.4, -0.2) is 44.3 Å². The van der Waals surface area contributed by atoms with Gasteiger partial charge >= 0.3 is 0 Å². The van der Waals surface area contributed by atoms with Crippen molar-refractivity contribution in [1.82, 2.24) is 10.2 Å². The Hall–Kier alpha value is -1.26. The molecule has 0 unspecified atom stereocenters. The molecule has 1 aliphatic rings. The molecule has 0 aliphatic heterocycles. The van der Waals surface area contributed by atoms with Crippen LogP contribution in [0.5, 0.6) is 11.5 Å². The lowest BCUT2D eigenvalue weighted by molar-refractivity contribution is 0.285. The smallest absolute Gasteiger partial charge is 0.161 e. The Morgan fingerprint density at radius 2 is 1.86 bits per heavy atom. The van der Waals surface area contributed by atoms with Crippen LogP contribution in [0.15, 0.2) is 18.2 Å². The van der Waals surface area contributed by atoms with Crippen molar-refractivity contribution in [1.29, 1.82) is 0 Å². The lowest BCUT2D eigenvalue weighted by atomic mass is 10.2. The standard InChI is InChI=1S/C17H28N2O2/c1-4-20-16-9-6-14(12-17(16)21-5-2)13-19(3)11-10-18-15-7-8-15/h6,9,12,15,18H,4-5,7-8,10-11,13H2,1-3H3. The van der Waals surface area contributed by atoms with E-state index in [1.165, 1.54) is 18.4 Å². The number of likely N-dealkylation sites (N-methyl/N-ethyl adjacent to an activating group) is 1. The van der Waals surface area contributed by atoms with Crippen molar-refractivity contribution in [2.75, 3.05) is 33.4 Å². The Bertz CT molecular complexity index is 433. The SMILES string of the molecule is CCOc1ccc(CN(C)CCNC2CC2)cc1OCC. The molecule has 21 heavy (non-hydrogen) atoms. The Balaban J connectivity index is 1.86. The van der Waals surface area contributed by atoms with Gasteiger partial charge in [0.1, 0.15) is 0 Å². The van der Waals surface area contributed by atoms with E-state index in [1.54, 1.807) is 0 Å². The molecule has 1 aliphatic carbocycles. The van der Waals surface area contributed by atoms with Gasteiger partial charge in [-0.2, -0.15) is 0 Å². The molecular formula is C17H28N2O2. The molecule has 0 amide bonds. The second-order valence-electron chi connectivity index (χ2n) is 5.61. The van der Waals surface area contributed by atoms with Gasteiger partial charge in [-0.3, -0.25) is 0 Å². The van der Waals surface area contributed by atoms with Crippen molar-refractivity contribution >= 4 is 0 Å². The fourth-order valence-electron chi connectivity index (χ4n) is 2.33. The van der Waals surface area contributed by atoms with Crippen LogP contribution in [0.3, 0.4) is 0 Å². The highest BCUT2D eigenvalue weighted by Gasteiger charge is 2.19. The molecule has 1 aromatic carbocycles. The average molecular weight is 292 g/mol. The number of rotatable bonds is 10. The molecular weight excluding hydrogens is 264 g/mol. The molecule has 1 fully saturated rings. The first-order chi connectivity index (χ1) is 10.2. The molecule has 1 saturated carbocycles. The maximum atomic E-state index is 5.68. The lowest BCUT2D eigenvalue weighted by Gasteiger charge is -2.18. The largest absolute Gasteiger partial charge is 0.490 e. The van der Waals surface area contributed by atoms with Crippen LogP contribution in [0.1, 0.15) is 32.3 Å². The van der Waals surface area contributed by atoms with Crippen molar-refractivity contribution < 1.29 is 9.47 Å². The number of ether oxygens (including phenoxy) is 2. The first-order valence-corrected chi connectivity index (χ1v) is 8.03. The van der Waals surface area contributed by atoms with E-state index in [4.69, 9.17) is 9.47 Å². The third-order valence-corrected chi connectivity index (χ3v) is 3.56. The van der Waals surface area contributed by atoms with Gasteiger partial charge in [0.2, 0.25) is 0 Å². The topological polar surface area (TPSA) is 33.7 Å². The average Bonchev–Trinajstić information content (AvgIpc) is 3.26. The minimum atomic E-state index is 0.657. The van der Waals surface area contributed by atoms with Gasteiger partial charge in [-0.1, -0.05) is 6.07 Å². The molecule has 0 radical (unpaired) electrons. The third kappa shape index (κ3) is 5.56. The molecule has 0 atom stereocenters. The molecule has 0 heterocycles. The Kier molecular flexibility index (Phi) is 6.33. The lowest BCUT2D eigenvalue weighted by Crippen LogP contribution is -2.30. The van der Waals surface area contributed by atoms with Crippen LogP contribution in [-0.2, 0) is 6.54 Å². The molecule has 1 aromatic rings. The van der Waals surface area contributed by atoms with E-state index in [9.17, 15) is 0 Å². The van der Waals surface area contributed by atoms with E-state index >= 15 is 0 Å². The first kappa shape index (κ1) is 16.1. The number of nitrogens with one attached hydrogen (secondary N) is 1. The van der Waals surface area contributed by atoms with E-state index in [-0.39, 0.29) is 0 Å². The van der Waals surface area contributed by atoms with Gasteiger partial charge in [-0.05, 0) is 51.4 Å². The van der Waals surface area contributed by atoms with Gasteiger partial charge in [0, 0.05) is 25.7 Å². The second-order valence-corrected chi connectivity index (χ2v) is 5.61. The van der Waals surface area contributed by atoms with Gasteiger partial charge in [0.05, 0.1) is 13.2 Å². The van der Waals surface area contributed by atoms with E-state index in [1.807, 2.05) is 19.9 Å². The number of hydrogen-bond acceptors (Lipinski definition) is 4. The molecule has 1 N–H and O–H groups in total. The van der Waals surface area contributed by atoms with Crippen LogP contribution in [0.4, 0.5) is 0 Å². The summed E-state index contributed by atoms with van der Waals surface area (Å²) in [7, 11) is 2.16. The van der Waals surface area contributed by atoms with Gasteiger partial charge in [0.15, 0.2) is 11.5 Å². The zero-order valence-electron chi connectivity index (χ0n) is 13.5. The molecule has 4 heteroatoms. The van der Waals surface area contributed by atoms with Crippen LogP contribution < -0.4 is 14.8 Å². The van der Waals surface area contributed by atoms with Crippen molar-refractivity contribution in [3.63, 3.8) is 0 Å². The molecule has 0 spiro atoms. The molecule has 2 rings (SSSR count). The van der Waals surface area contributed by atoms with E-state index in [0.717, 1.165) is 37.2 Å². The Labute approximate surface area is 128 Å². The maximum Gasteiger partial charge on any atom is 0.161 e. The first-order valence-electron chi connectivity index (χ1n) is 8.03. The third-order valence-electron chi connectivity index (χ3n) is 3.56. The zero-order chi connectivity index (χ0) is 15.1. The van der Waals surface area contributed by atoms with Gasteiger partial charge < -0.3 is 19.7 Å². The van der Waals surface area contributed by atoms with Crippen molar-refractivity contribution in [2.45, 2.75) is 39.3 Å². The summed E-state index contributed by atoms with van der Waals surface area (Å²) in [5.41, 5.74) is 1.26. The van der Waals surface area contributed by atoms with E-state index in [0.29, 0.717) is 13.2 Å². The van der Waals surface area contributed by atoms with Crippen LogP contribution in [0.25, 0.3) is 0 Å². The second kappa shape index (κ2) is 8.25. The predicted molar refractivity (Wildman–Crippen MR) is 86.1 cm³/mol. The summed E-state index contributed by atoms with van der Waals surface area (Å²) in [6.45, 7) is 8.36. The van der Waals surface area contributed by atoms with Crippen molar-refractivity contribution in [2.24, 2.45) is 0 Å². The normalized spacial score (nSPS) is 14.5. The quantitative estimate of drug-likeness (QED) is 0.719. The number of nitrogens with zero attached hydrogens (tertiary/aromatic N) is 1. The van der Waals surface area contributed by atoms with E-state index in [2.05, 4.69) is 29.4 Å². The number of hydrogen-bond donors (Lipinski definition) is 1. The van der Waals surface area contributed by atoms with Crippen molar-refractivity contribution in [3.05, 3.63) is 23.8 Å². The predicted octanol–water partition coefficient (Wildman–Crippen LogP) is 2.67. The van der Waals surface area contributed by atoms with E-state index < -0.39 is 0 Å². The summed E-state index contributed by atoms with van der Waals surface area (Å²) < 4.78 is 11.3. The summed E-state index contributed by atoms with van der Waals surface area (Å²) in [4.78, 5) is 2.33. The zero-order valence-corrected chi connectivity index (χ0v) is 13.5. The minimum absolute atomic E-state index is 0.657. The summed E-state index contributed by atoms with van der Waals surface area (Å²) in [5.74, 6) is 1.68. The molecule has 0 aromatic heterocycles. The highest BCUT2D eigenvalue weighted by Crippen LogP contribution is 2.28. The summed E-state index contributed by atoms with van der Waals surface area (Å²) >= 11 is 0. The summed E-state index contributed by atoms with van der Waals surface area (Å²) in [6.07, 6.45) is 2.70. The van der Waals surface area contributed by atoms with Gasteiger partial charge in [-0.15, -0.1) is 0 Å². The highest BCUT2D eigenvalue weighted by atomic mass is 16.5. The van der Waals surface area contributed by atoms with Crippen LogP contribution in [0, 0.1) is 0 Å². The monoisotopic (exact) mass is 292 g/mol. The van der Waals surface area contributed by atoms with Gasteiger partial charge in [-0.25, -0.2) is 0 Å².